The molecule has 17 heavy (non-hydrogen) atoms. The average Bonchev–Trinajstić information content (AvgIpc) is 2.71. The third-order valence-electron chi connectivity index (χ3n) is 3.35. The molecule has 0 aromatic heterocycles. The molecule has 1 unspecified atom stereocenters. The van der Waals surface area contributed by atoms with Crippen LogP contribution in [0.2, 0.25) is 0 Å². The van der Waals surface area contributed by atoms with E-state index in [1.54, 1.807) is 0 Å². The van der Waals surface area contributed by atoms with Crippen molar-refractivity contribution in [2.24, 2.45) is 11.7 Å². The number of nitrogens with zero attached hydrogens (tertiary/aromatic N) is 1. The first kappa shape index (κ1) is 15.0. The van der Waals surface area contributed by atoms with Gasteiger partial charge in [0.2, 0.25) is 0 Å². The summed E-state index contributed by atoms with van der Waals surface area (Å²) in [4.78, 5) is 2.49. The minimum absolute atomic E-state index is 0. The fourth-order valence-electron chi connectivity index (χ4n) is 2.24. The highest BCUT2D eigenvalue weighted by molar-refractivity contribution is 9.10. The third kappa shape index (κ3) is 3.95. The fraction of sp³-hybridized carbons (Fsp3) is 0.538. The molecule has 1 aliphatic rings. The first-order chi connectivity index (χ1) is 7.69. The Hall–Kier alpha value is -0.0900. The largest absolute Gasteiger partial charge is 0.330 e. The Kier molecular flexibility index (Phi) is 5.93. The number of rotatable bonds is 3. The summed E-state index contributed by atoms with van der Waals surface area (Å²) >= 11 is 3.58. The van der Waals surface area contributed by atoms with Crippen LogP contribution in [0, 0.1) is 12.8 Å². The van der Waals surface area contributed by atoms with Gasteiger partial charge in [0.15, 0.2) is 0 Å². The summed E-state index contributed by atoms with van der Waals surface area (Å²) in [5.41, 5.74) is 8.38. The highest BCUT2D eigenvalue weighted by atomic mass is 79.9. The van der Waals surface area contributed by atoms with Crippen molar-refractivity contribution < 1.29 is 0 Å². The zero-order valence-corrected chi connectivity index (χ0v) is 12.6. The molecule has 0 aliphatic carbocycles. The predicted octanol–water partition coefficient (Wildman–Crippen LogP) is 2.96. The Bertz CT molecular complexity index is 370. The van der Waals surface area contributed by atoms with E-state index in [2.05, 4.69) is 46.0 Å². The molecule has 0 amide bonds. The van der Waals surface area contributed by atoms with Gasteiger partial charge in [-0.25, -0.2) is 0 Å². The van der Waals surface area contributed by atoms with Crippen molar-refractivity contribution in [3.63, 3.8) is 0 Å². The van der Waals surface area contributed by atoms with Crippen molar-refractivity contribution in [3.8, 4) is 0 Å². The van der Waals surface area contributed by atoms with Crippen LogP contribution in [-0.2, 0) is 6.54 Å². The standard InChI is InChI=1S/C13H19BrN2.ClH/c1-10-2-3-11(6-13(10)14)8-16-5-4-12(7-15)9-16;/h2-3,6,12H,4-5,7-9,15H2,1H3;1H. The summed E-state index contributed by atoms with van der Waals surface area (Å²) in [6.45, 7) is 6.34. The van der Waals surface area contributed by atoms with Crippen LogP contribution in [0.1, 0.15) is 17.5 Å². The molecular formula is C13H20BrClN2. The molecule has 2 N–H and O–H groups in total. The zero-order valence-electron chi connectivity index (χ0n) is 10.2. The summed E-state index contributed by atoms with van der Waals surface area (Å²) in [6.07, 6.45) is 1.25. The maximum Gasteiger partial charge on any atom is 0.0234 e. The van der Waals surface area contributed by atoms with Crippen LogP contribution in [0.25, 0.3) is 0 Å². The lowest BCUT2D eigenvalue weighted by atomic mass is 10.1. The summed E-state index contributed by atoms with van der Waals surface area (Å²) in [7, 11) is 0. The predicted molar refractivity (Wildman–Crippen MR) is 78.6 cm³/mol. The highest BCUT2D eigenvalue weighted by Gasteiger charge is 2.20. The van der Waals surface area contributed by atoms with E-state index in [-0.39, 0.29) is 12.4 Å². The smallest absolute Gasteiger partial charge is 0.0234 e. The van der Waals surface area contributed by atoms with Crippen LogP contribution in [-0.4, -0.2) is 24.5 Å². The van der Waals surface area contributed by atoms with Crippen LogP contribution in [0.5, 0.6) is 0 Å². The van der Waals surface area contributed by atoms with Crippen molar-refractivity contribution in [2.75, 3.05) is 19.6 Å². The molecular weight excluding hydrogens is 300 g/mol. The number of nitrogens with two attached hydrogens (primary N) is 1. The minimum Gasteiger partial charge on any atom is -0.330 e. The van der Waals surface area contributed by atoms with Gasteiger partial charge in [0, 0.05) is 17.6 Å². The normalized spacial score (nSPS) is 20.3. The molecule has 0 radical (unpaired) electrons. The molecule has 1 saturated heterocycles. The van der Waals surface area contributed by atoms with Gasteiger partial charge in [-0.3, -0.25) is 4.90 Å². The molecule has 0 spiro atoms. The second-order valence-corrected chi connectivity index (χ2v) is 5.56. The van der Waals surface area contributed by atoms with Crippen LogP contribution in [0.4, 0.5) is 0 Å². The average molecular weight is 320 g/mol. The Morgan fingerprint density at radius 2 is 2.24 bits per heavy atom. The van der Waals surface area contributed by atoms with Gasteiger partial charge < -0.3 is 5.73 Å². The lowest BCUT2D eigenvalue weighted by molar-refractivity contribution is 0.318. The quantitative estimate of drug-likeness (QED) is 0.928. The van der Waals surface area contributed by atoms with E-state index in [1.165, 1.54) is 28.6 Å². The summed E-state index contributed by atoms with van der Waals surface area (Å²) in [5.74, 6) is 0.703. The van der Waals surface area contributed by atoms with Crippen molar-refractivity contribution in [1.29, 1.82) is 0 Å². The first-order valence-corrected chi connectivity index (χ1v) is 6.66. The Morgan fingerprint density at radius 1 is 1.47 bits per heavy atom. The number of benzene rings is 1. The SMILES string of the molecule is Cc1ccc(CN2CCC(CN)C2)cc1Br.Cl. The van der Waals surface area contributed by atoms with E-state index in [0.29, 0.717) is 5.92 Å². The summed E-state index contributed by atoms with van der Waals surface area (Å²) in [6, 6.07) is 6.62. The first-order valence-electron chi connectivity index (χ1n) is 5.86. The zero-order chi connectivity index (χ0) is 11.5. The molecule has 2 rings (SSSR count). The number of hydrogen-bond donors (Lipinski definition) is 1. The van der Waals surface area contributed by atoms with Crippen molar-refractivity contribution in [3.05, 3.63) is 33.8 Å². The molecule has 1 fully saturated rings. The van der Waals surface area contributed by atoms with E-state index in [1.807, 2.05) is 0 Å². The van der Waals surface area contributed by atoms with Gasteiger partial charge >= 0.3 is 0 Å². The van der Waals surface area contributed by atoms with E-state index in [4.69, 9.17) is 5.73 Å². The molecule has 1 heterocycles. The topological polar surface area (TPSA) is 29.3 Å². The van der Waals surface area contributed by atoms with E-state index in [0.717, 1.165) is 19.6 Å². The molecule has 1 aliphatic heterocycles. The summed E-state index contributed by atoms with van der Waals surface area (Å²) < 4.78 is 1.21. The molecule has 2 nitrogen and oxygen atoms in total. The van der Waals surface area contributed by atoms with Crippen molar-refractivity contribution in [1.82, 2.24) is 4.90 Å². The van der Waals surface area contributed by atoms with Crippen LogP contribution >= 0.6 is 28.3 Å². The fourth-order valence-corrected chi connectivity index (χ4v) is 2.67. The maximum absolute atomic E-state index is 5.70. The number of hydrogen-bond acceptors (Lipinski definition) is 2. The van der Waals surface area contributed by atoms with Gasteiger partial charge in [0.1, 0.15) is 0 Å². The van der Waals surface area contributed by atoms with Gasteiger partial charge in [-0.05, 0) is 49.5 Å². The minimum atomic E-state index is 0. The lowest BCUT2D eigenvalue weighted by Crippen LogP contribution is -2.22. The van der Waals surface area contributed by atoms with Crippen LogP contribution < -0.4 is 5.73 Å². The third-order valence-corrected chi connectivity index (χ3v) is 4.20. The second kappa shape index (κ2) is 6.74. The molecule has 0 bridgehead atoms. The molecule has 0 saturated carbocycles. The molecule has 4 heteroatoms. The van der Waals surface area contributed by atoms with Crippen LogP contribution in [0.3, 0.4) is 0 Å². The van der Waals surface area contributed by atoms with Gasteiger partial charge in [0.25, 0.3) is 0 Å². The number of aryl methyl sites for hydroxylation is 1. The van der Waals surface area contributed by atoms with Gasteiger partial charge in [-0.15, -0.1) is 12.4 Å². The summed E-state index contributed by atoms with van der Waals surface area (Å²) in [5, 5.41) is 0. The number of halogens is 2. The number of likely N-dealkylation sites (tertiary alicyclic amines) is 1. The van der Waals surface area contributed by atoms with Gasteiger partial charge in [0.05, 0.1) is 0 Å². The van der Waals surface area contributed by atoms with Crippen LogP contribution in [0.15, 0.2) is 22.7 Å². The second-order valence-electron chi connectivity index (χ2n) is 4.71. The Labute approximate surface area is 118 Å². The van der Waals surface area contributed by atoms with E-state index < -0.39 is 0 Å². The Balaban J connectivity index is 0.00000144. The van der Waals surface area contributed by atoms with Crippen molar-refractivity contribution >= 4 is 28.3 Å². The molecule has 1 aromatic carbocycles. The van der Waals surface area contributed by atoms with Gasteiger partial charge in [-0.2, -0.15) is 0 Å². The Morgan fingerprint density at radius 3 is 2.82 bits per heavy atom. The lowest BCUT2D eigenvalue weighted by Gasteiger charge is -2.16. The maximum atomic E-state index is 5.70. The van der Waals surface area contributed by atoms with Crippen molar-refractivity contribution in [2.45, 2.75) is 19.9 Å². The molecule has 1 aromatic rings. The monoisotopic (exact) mass is 318 g/mol. The molecule has 96 valence electrons. The highest BCUT2D eigenvalue weighted by Crippen LogP contribution is 2.21. The van der Waals surface area contributed by atoms with E-state index >= 15 is 0 Å². The molecule has 1 atom stereocenters. The van der Waals surface area contributed by atoms with Gasteiger partial charge in [-0.1, -0.05) is 28.1 Å². The van der Waals surface area contributed by atoms with E-state index in [9.17, 15) is 0 Å².